The molecule has 27 heavy (non-hydrogen) atoms. The van der Waals surface area contributed by atoms with Crippen molar-refractivity contribution in [1.82, 2.24) is 14.5 Å². The third kappa shape index (κ3) is 3.85. The van der Waals surface area contributed by atoms with Gasteiger partial charge in [0.1, 0.15) is 0 Å². The van der Waals surface area contributed by atoms with Crippen LogP contribution in [0.25, 0.3) is 0 Å². The number of quaternary nitrogens is 1. The minimum absolute atomic E-state index is 0.203. The van der Waals surface area contributed by atoms with E-state index in [1.807, 2.05) is 19.9 Å². The molecule has 0 saturated carbocycles. The fraction of sp³-hybridized carbons (Fsp3) is 0.556. The number of rotatable bonds is 4. The van der Waals surface area contributed by atoms with Crippen LogP contribution in [0, 0.1) is 13.8 Å². The van der Waals surface area contributed by atoms with Crippen molar-refractivity contribution in [3.63, 3.8) is 0 Å². The summed E-state index contributed by atoms with van der Waals surface area (Å²) >= 11 is 0. The van der Waals surface area contributed by atoms with Crippen molar-refractivity contribution in [2.75, 3.05) is 39.3 Å². The number of urea groups is 1. The Morgan fingerprint density at radius 3 is 2.37 bits per heavy atom. The molecule has 0 unspecified atom stereocenters. The van der Waals surface area contributed by atoms with Crippen LogP contribution in [0.15, 0.2) is 23.1 Å². The number of nitrogens with zero attached hydrogens (tertiary/aromatic N) is 2. The summed E-state index contributed by atoms with van der Waals surface area (Å²) in [6.07, 6.45) is 0. The zero-order valence-electron chi connectivity index (χ0n) is 16.0. The van der Waals surface area contributed by atoms with Gasteiger partial charge in [-0.1, -0.05) is 6.07 Å². The Morgan fingerprint density at radius 2 is 1.81 bits per heavy atom. The van der Waals surface area contributed by atoms with Gasteiger partial charge in [0.15, 0.2) is 6.04 Å². The molecular formula is C18H27N4O4S+. The van der Waals surface area contributed by atoms with Crippen molar-refractivity contribution in [3.05, 3.63) is 29.3 Å². The molecule has 0 aromatic heterocycles. The number of imide groups is 1. The number of piperazine rings is 1. The molecule has 9 heteroatoms. The van der Waals surface area contributed by atoms with Crippen molar-refractivity contribution in [3.8, 4) is 0 Å². The van der Waals surface area contributed by atoms with Crippen LogP contribution in [0.3, 0.4) is 0 Å². The number of aryl methyl sites for hydroxylation is 2. The fourth-order valence-corrected chi connectivity index (χ4v) is 5.09. The highest BCUT2D eigenvalue weighted by Gasteiger charge is 2.38. The molecule has 0 spiro atoms. The molecule has 1 aromatic carbocycles. The second-order valence-corrected chi connectivity index (χ2v) is 9.19. The minimum atomic E-state index is -3.53. The van der Waals surface area contributed by atoms with Gasteiger partial charge in [-0.25, -0.2) is 13.2 Å². The molecule has 2 heterocycles. The van der Waals surface area contributed by atoms with Gasteiger partial charge in [0, 0.05) is 13.1 Å². The number of amides is 3. The Kier molecular flexibility index (Phi) is 5.55. The van der Waals surface area contributed by atoms with Crippen LogP contribution >= 0.6 is 0 Å². The first-order chi connectivity index (χ1) is 12.7. The van der Waals surface area contributed by atoms with Crippen LogP contribution < -0.4 is 10.2 Å². The van der Waals surface area contributed by atoms with E-state index in [1.165, 1.54) is 9.21 Å². The number of hydrogen-bond donors (Lipinski definition) is 2. The van der Waals surface area contributed by atoms with Crippen molar-refractivity contribution in [2.45, 2.75) is 31.7 Å². The Bertz CT molecular complexity index is 847. The molecule has 1 aromatic rings. The van der Waals surface area contributed by atoms with Crippen molar-refractivity contribution in [1.29, 1.82) is 0 Å². The SMILES string of the molecule is Cc1ccc(S(=O)(=O)N2CC[NH+]([C@@H](C)C(=O)N3CCNC3=O)CC2)cc1C. The highest BCUT2D eigenvalue weighted by atomic mass is 32.2. The number of carbonyl (C=O) groups is 2. The second-order valence-electron chi connectivity index (χ2n) is 7.25. The molecule has 1 atom stereocenters. The van der Waals surface area contributed by atoms with Gasteiger partial charge >= 0.3 is 6.03 Å². The normalized spacial score (nSPS) is 20.6. The lowest BCUT2D eigenvalue weighted by molar-refractivity contribution is -0.917. The van der Waals surface area contributed by atoms with Crippen LogP contribution in [-0.4, -0.2) is 74.9 Å². The summed E-state index contributed by atoms with van der Waals surface area (Å²) in [6, 6.07) is 4.46. The molecule has 3 rings (SSSR count). The average molecular weight is 396 g/mol. The first kappa shape index (κ1) is 19.8. The van der Waals surface area contributed by atoms with Crippen LogP contribution in [0.4, 0.5) is 4.79 Å². The summed E-state index contributed by atoms with van der Waals surface area (Å²) in [4.78, 5) is 26.8. The maximum Gasteiger partial charge on any atom is 0.324 e. The van der Waals surface area contributed by atoms with Gasteiger partial charge in [-0.3, -0.25) is 9.69 Å². The molecular weight excluding hydrogens is 368 g/mol. The Hall–Kier alpha value is -1.97. The molecule has 148 valence electrons. The molecule has 8 nitrogen and oxygen atoms in total. The molecule has 2 saturated heterocycles. The summed E-state index contributed by atoms with van der Waals surface area (Å²) < 4.78 is 27.3. The van der Waals surface area contributed by atoms with Crippen LogP contribution in [-0.2, 0) is 14.8 Å². The van der Waals surface area contributed by atoms with Crippen molar-refractivity contribution >= 4 is 22.0 Å². The summed E-state index contributed by atoms with van der Waals surface area (Å²) in [7, 11) is -3.53. The molecule has 2 aliphatic heterocycles. The lowest BCUT2D eigenvalue weighted by Crippen LogP contribution is -3.19. The molecule has 2 N–H and O–H groups in total. The van der Waals surface area contributed by atoms with E-state index in [2.05, 4.69) is 5.32 Å². The summed E-state index contributed by atoms with van der Waals surface area (Å²) in [5.74, 6) is -0.203. The Balaban J connectivity index is 1.65. The predicted octanol–water partition coefficient (Wildman–Crippen LogP) is -0.867. The first-order valence-electron chi connectivity index (χ1n) is 9.23. The third-order valence-corrected chi connectivity index (χ3v) is 7.48. The van der Waals surface area contributed by atoms with Crippen LogP contribution in [0.5, 0.6) is 0 Å². The van der Waals surface area contributed by atoms with Gasteiger partial charge in [-0.15, -0.1) is 0 Å². The van der Waals surface area contributed by atoms with Crippen LogP contribution in [0.1, 0.15) is 18.1 Å². The molecule has 0 aliphatic carbocycles. The number of nitrogens with one attached hydrogen (secondary N) is 2. The molecule has 0 bridgehead atoms. The van der Waals surface area contributed by atoms with Gasteiger partial charge in [0.25, 0.3) is 5.91 Å². The lowest BCUT2D eigenvalue weighted by atomic mass is 10.1. The van der Waals surface area contributed by atoms with E-state index >= 15 is 0 Å². The van der Waals surface area contributed by atoms with Crippen molar-refractivity contribution < 1.29 is 22.9 Å². The quantitative estimate of drug-likeness (QED) is 0.694. The zero-order chi connectivity index (χ0) is 19.8. The van der Waals surface area contributed by atoms with Gasteiger partial charge in [0.2, 0.25) is 10.0 Å². The highest BCUT2D eigenvalue weighted by Crippen LogP contribution is 2.19. The summed E-state index contributed by atoms with van der Waals surface area (Å²) in [5, 5.41) is 2.63. The number of hydrogen-bond acceptors (Lipinski definition) is 4. The minimum Gasteiger partial charge on any atom is -0.336 e. The smallest absolute Gasteiger partial charge is 0.324 e. The number of benzene rings is 1. The maximum atomic E-state index is 12.9. The van der Waals surface area contributed by atoms with E-state index < -0.39 is 10.0 Å². The number of sulfonamides is 1. The summed E-state index contributed by atoms with van der Waals surface area (Å²) in [6.45, 7) is 8.31. The van der Waals surface area contributed by atoms with Crippen molar-refractivity contribution in [2.24, 2.45) is 0 Å². The fourth-order valence-electron chi connectivity index (χ4n) is 3.56. The van der Waals surface area contributed by atoms with E-state index in [1.54, 1.807) is 19.1 Å². The maximum absolute atomic E-state index is 12.9. The predicted molar refractivity (Wildman–Crippen MR) is 99.9 cm³/mol. The highest BCUT2D eigenvalue weighted by molar-refractivity contribution is 7.89. The van der Waals surface area contributed by atoms with E-state index in [0.29, 0.717) is 44.2 Å². The average Bonchev–Trinajstić information content (AvgIpc) is 3.08. The monoisotopic (exact) mass is 395 g/mol. The van der Waals surface area contributed by atoms with E-state index in [0.717, 1.165) is 16.0 Å². The molecule has 2 aliphatic rings. The first-order valence-corrected chi connectivity index (χ1v) is 10.7. The molecule has 3 amide bonds. The third-order valence-electron chi connectivity index (χ3n) is 5.59. The largest absolute Gasteiger partial charge is 0.336 e. The molecule has 0 radical (unpaired) electrons. The van der Waals surface area contributed by atoms with Gasteiger partial charge in [0.05, 0.1) is 31.1 Å². The summed E-state index contributed by atoms with van der Waals surface area (Å²) in [5.41, 5.74) is 2.00. The van der Waals surface area contributed by atoms with E-state index in [4.69, 9.17) is 0 Å². The van der Waals surface area contributed by atoms with Gasteiger partial charge in [-0.05, 0) is 44.0 Å². The number of carbonyl (C=O) groups excluding carboxylic acids is 2. The zero-order valence-corrected chi connectivity index (χ0v) is 16.8. The van der Waals surface area contributed by atoms with Gasteiger partial charge in [-0.2, -0.15) is 4.31 Å². The van der Waals surface area contributed by atoms with Crippen LogP contribution in [0.2, 0.25) is 0 Å². The standard InChI is InChI=1S/C18H26N4O4S/c1-13-4-5-16(12-14(13)2)27(25,26)21-10-8-20(9-11-21)15(3)17(23)22-7-6-19-18(22)24/h4-5,12,15H,6-11H2,1-3H3,(H,19,24)/p+1/t15-/m0/s1. The van der Waals surface area contributed by atoms with Gasteiger partial charge < -0.3 is 10.2 Å². The van der Waals surface area contributed by atoms with E-state index in [-0.39, 0.29) is 18.0 Å². The topological polar surface area (TPSA) is 91.2 Å². The molecule has 2 fully saturated rings. The Morgan fingerprint density at radius 1 is 1.15 bits per heavy atom. The lowest BCUT2D eigenvalue weighted by Gasteiger charge is -2.34. The second kappa shape index (κ2) is 7.57. The van der Waals surface area contributed by atoms with E-state index in [9.17, 15) is 18.0 Å². The Labute approximate surface area is 160 Å².